The van der Waals surface area contributed by atoms with Crippen LogP contribution in [0.25, 0.3) is 0 Å². The van der Waals surface area contributed by atoms with Crippen LogP contribution in [0.1, 0.15) is 20.3 Å². The average molecular weight is 319 g/mol. The molecular formula is C11H19BrN4O2. The molecule has 7 heteroatoms. The molecule has 1 aromatic heterocycles. The minimum atomic E-state index is -0.777. The maximum Gasteiger partial charge on any atom is 0.146 e. The summed E-state index contributed by atoms with van der Waals surface area (Å²) in [5.74, 6) is 1.22. The Morgan fingerprint density at radius 2 is 1.83 bits per heavy atom. The highest BCUT2D eigenvalue weighted by atomic mass is 79.9. The molecular weight excluding hydrogens is 300 g/mol. The minimum Gasteiger partial charge on any atom is -0.394 e. The first-order chi connectivity index (χ1) is 8.62. The normalized spacial score (nSPS) is 11.4. The van der Waals surface area contributed by atoms with E-state index in [0.29, 0.717) is 22.5 Å². The third kappa shape index (κ3) is 3.30. The monoisotopic (exact) mass is 318 g/mol. The molecule has 0 spiro atoms. The molecule has 0 aliphatic rings. The maximum absolute atomic E-state index is 9.40. The number of aliphatic hydroxyl groups excluding tert-OH is 2. The van der Waals surface area contributed by atoms with Crippen molar-refractivity contribution in [3.8, 4) is 0 Å². The van der Waals surface area contributed by atoms with Crippen LogP contribution in [0.15, 0.2) is 10.8 Å². The van der Waals surface area contributed by atoms with Crippen LogP contribution in [0.5, 0.6) is 0 Å². The summed E-state index contributed by atoms with van der Waals surface area (Å²) in [7, 11) is 0. The van der Waals surface area contributed by atoms with E-state index in [1.54, 1.807) is 0 Å². The van der Waals surface area contributed by atoms with Crippen LogP contribution in [-0.2, 0) is 0 Å². The van der Waals surface area contributed by atoms with Crippen LogP contribution in [-0.4, -0.2) is 45.5 Å². The van der Waals surface area contributed by atoms with Crippen molar-refractivity contribution in [2.45, 2.75) is 25.8 Å². The van der Waals surface area contributed by atoms with E-state index < -0.39 is 5.54 Å². The fourth-order valence-corrected chi connectivity index (χ4v) is 1.88. The molecule has 0 amide bonds. The molecule has 6 nitrogen and oxygen atoms in total. The highest BCUT2D eigenvalue weighted by molar-refractivity contribution is 9.10. The molecule has 0 fully saturated rings. The van der Waals surface area contributed by atoms with Crippen molar-refractivity contribution >= 4 is 27.6 Å². The van der Waals surface area contributed by atoms with Crippen LogP contribution in [0, 0.1) is 0 Å². The van der Waals surface area contributed by atoms with Gasteiger partial charge in [0.2, 0.25) is 0 Å². The number of rotatable bonds is 7. The van der Waals surface area contributed by atoms with Gasteiger partial charge in [0.05, 0.1) is 18.8 Å². The number of anilines is 2. The molecule has 1 heterocycles. The van der Waals surface area contributed by atoms with Crippen molar-refractivity contribution in [2.24, 2.45) is 0 Å². The first-order valence-electron chi connectivity index (χ1n) is 5.86. The van der Waals surface area contributed by atoms with Gasteiger partial charge in [0.15, 0.2) is 0 Å². The molecule has 0 unspecified atom stereocenters. The number of aliphatic hydroxyl groups is 2. The van der Waals surface area contributed by atoms with Crippen LogP contribution in [0.3, 0.4) is 0 Å². The van der Waals surface area contributed by atoms with E-state index in [9.17, 15) is 10.2 Å². The number of hydrogen-bond donors (Lipinski definition) is 4. The first-order valence-corrected chi connectivity index (χ1v) is 6.66. The Kier molecular flexibility index (Phi) is 5.77. The summed E-state index contributed by atoms with van der Waals surface area (Å²) in [4.78, 5) is 8.22. The fraction of sp³-hybridized carbons (Fsp3) is 0.636. The Labute approximate surface area is 115 Å². The van der Waals surface area contributed by atoms with Crippen molar-refractivity contribution < 1.29 is 10.2 Å². The predicted octanol–water partition coefficient (Wildman–Crippen LogP) is 1.22. The van der Waals surface area contributed by atoms with Gasteiger partial charge in [0.25, 0.3) is 0 Å². The lowest BCUT2D eigenvalue weighted by Crippen LogP contribution is -2.45. The zero-order chi connectivity index (χ0) is 13.6. The molecule has 0 saturated heterocycles. The molecule has 0 radical (unpaired) electrons. The van der Waals surface area contributed by atoms with Crippen molar-refractivity contribution in [1.29, 1.82) is 0 Å². The summed E-state index contributed by atoms with van der Waals surface area (Å²) in [5.41, 5.74) is -0.777. The van der Waals surface area contributed by atoms with E-state index in [1.807, 2.05) is 13.8 Å². The molecule has 18 heavy (non-hydrogen) atoms. The van der Waals surface area contributed by atoms with Gasteiger partial charge in [-0.25, -0.2) is 9.97 Å². The van der Waals surface area contributed by atoms with Crippen LogP contribution in [0.4, 0.5) is 11.6 Å². The van der Waals surface area contributed by atoms with Crippen molar-refractivity contribution in [3.63, 3.8) is 0 Å². The van der Waals surface area contributed by atoms with E-state index in [1.165, 1.54) is 6.33 Å². The predicted molar refractivity (Wildman–Crippen MR) is 74.7 cm³/mol. The Bertz CT molecular complexity index is 377. The lowest BCUT2D eigenvalue weighted by Gasteiger charge is -2.30. The SMILES string of the molecule is CCNc1ncnc(NC(CC)(CO)CO)c1Br. The Morgan fingerprint density at radius 1 is 1.22 bits per heavy atom. The highest BCUT2D eigenvalue weighted by Gasteiger charge is 2.28. The van der Waals surface area contributed by atoms with E-state index in [0.717, 1.165) is 6.54 Å². The molecule has 1 rings (SSSR count). The van der Waals surface area contributed by atoms with Gasteiger partial charge in [-0.1, -0.05) is 6.92 Å². The molecule has 0 aliphatic heterocycles. The zero-order valence-corrected chi connectivity index (χ0v) is 12.2. The summed E-state index contributed by atoms with van der Waals surface area (Å²) < 4.78 is 0.687. The second-order valence-electron chi connectivity index (χ2n) is 3.99. The molecule has 4 N–H and O–H groups in total. The van der Waals surface area contributed by atoms with Crippen LogP contribution < -0.4 is 10.6 Å². The van der Waals surface area contributed by atoms with E-state index in [4.69, 9.17) is 0 Å². The van der Waals surface area contributed by atoms with Gasteiger partial charge in [-0.2, -0.15) is 0 Å². The van der Waals surface area contributed by atoms with Crippen LogP contribution >= 0.6 is 15.9 Å². The van der Waals surface area contributed by atoms with Gasteiger partial charge in [0, 0.05) is 6.54 Å². The average Bonchev–Trinajstić information content (AvgIpc) is 2.41. The maximum atomic E-state index is 9.40. The van der Waals surface area contributed by atoms with Gasteiger partial charge >= 0.3 is 0 Å². The second-order valence-corrected chi connectivity index (χ2v) is 4.78. The molecule has 1 aromatic rings. The van der Waals surface area contributed by atoms with Crippen molar-refractivity contribution in [3.05, 3.63) is 10.8 Å². The van der Waals surface area contributed by atoms with Gasteiger partial charge in [-0.15, -0.1) is 0 Å². The minimum absolute atomic E-state index is 0.174. The van der Waals surface area contributed by atoms with E-state index in [-0.39, 0.29) is 13.2 Å². The first kappa shape index (κ1) is 15.1. The standard InChI is InChI=1S/C11H19BrN4O2/c1-3-11(5-17,6-18)16-10-8(12)9(13-4-2)14-7-15-10/h7,17-18H,3-6H2,1-2H3,(H2,13,14,15,16). The fourth-order valence-electron chi connectivity index (χ4n) is 1.44. The summed E-state index contributed by atoms with van der Waals surface area (Å²) in [5, 5.41) is 25.0. The van der Waals surface area contributed by atoms with Gasteiger partial charge in [-0.05, 0) is 29.3 Å². The molecule has 0 bridgehead atoms. The Hall–Kier alpha value is -0.920. The number of hydrogen-bond acceptors (Lipinski definition) is 6. The van der Waals surface area contributed by atoms with E-state index in [2.05, 4.69) is 36.5 Å². The molecule has 0 atom stereocenters. The van der Waals surface area contributed by atoms with Gasteiger partial charge in [0.1, 0.15) is 22.4 Å². The third-order valence-electron chi connectivity index (χ3n) is 2.80. The number of aromatic nitrogens is 2. The molecule has 102 valence electrons. The summed E-state index contributed by atoms with van der Waals surface area (Å²) >= 11 is 3.41. The quantitative estimate of drug-likeness (QED) is 0.604. The lowest BCUT2D eigenvalue weighted by atomic mass is 9.98. The van der Waals surface area contributed by atoms with Crippen molar-refractivity contribution in [2.75, 3.05) is 30.4 Å². The number of halogens is 1. The summed E-state index contributed by atoms with van der Waals surface area (Å²) in [6.07, 6.45) is 2.01. The molecule has 0 aliphatic carbocycles. The molecule has 0 aromatic carbocycles. The Balaban J connectivity index is 2.99. The largest absolute Gasteiger partial charge is 0.394 e. The highest BCUT2D eigenvalue weighted by Crippen LogP contribution is 2.29. The third-order valence-corrected chi connectivity index (χ3v) is 3.55. The van der Waals surface area contributed by atoms with Crippen LogP contribution in [0.2, 0.25) is 0 Å². The van der Waals surface area contributed by atoms with Gasteiger partial charge < -0.3 is 20.8 Å². The molecule has 0 saturated carbocycles. The smallest absolute Gasteiger partial charge is 0.146 e. The number of nitrogens with zero attached hydrogens (tertiary/aromatic N) is 2. The Morgan fingerprint density at radius 3 is 2.33 bits per heavy atom. The second kappa shape index (κ2) is 6.86. The summed E-state index contributed by atoms with van der Waals surface area (Å²) in [6.45, 7) is 4.26. The van der Waals surface area contributed by atoms with Gasteiger partial charge in [-0.3, -0.25) is 0 Å². The lowest BCUT2D eigenvalue weighted by molar-refractivity contribution is 0.132. The summed E-state index contributed by atoms with van der Waals surface area (Å²) in [6, 6.07) is 0. The topological polar surface area (TPSA) is 90.3 Å². The number of nitrogens with one attached hydrogen (secondary N) is 2. The van der Waals surface area contributed by atoms with Crippen molar-refractivity contribution in [1.82, 2.24) is 9.97 Å². The van der Waals surface area contributed by atoms with E-state index >= 15 is 0 Å². The zero-order valence-electron chi connectivity index (χ0n) is 10.6.